The van der Waals surface area contributed by atoms with Crippen LogP contribution in [-0.4, -0.2) is 45.9 Å². The highest BCUT2D eigenvalue weighted by Gasteiger charge is 2.58. The first-order chi connectivity index (χ1) is 10.4. The van der Waals surface area contributed by atoms with Crippen LogP contribution in [0.4, 0.5) is 8.78 Å². The number of esters is 1. The van der Waals surface area contributed by atoms with E-state index in [-0.39, 0.29) is 0 Å². The van der Waals surface area contributed by atoms with E-state index in [1.807, 2.05) is 0 Å². The summed E-state index contributed by atoms with van der Waals surface area (Å²) in [5.74, 6) is -2.39. The normalized spacial score (nSPS) is 12.9. The van der Waals surface area contributed by atoms with Gasteiger partial charge < -0.3 is 4.74 Å². The molecular formula is C12H13F2NO6S2. The Balaban J connectivity index is 3.37. The van der Waals surface area contributed by atoms with E-state index >= 15 is 0 Å². The smallest absolute Gasteiger partial charge is 0.455 e. The van der Waals surface area contributed by atoms with Crippen LogP contribution in [0.25, 0.3) is 6.08 Å². The molecule has 0 aromatic heterocycles. The van der Waals surface area contributed by atoms with Crippen LogP contribution < -0.4 is 0 Å². The Labute approximate surface area is 132 Å². The zero-order valence-electron chi connectivity index (χ0n) is 12.1. The topological polar surface area (TPSA) is 97.8 Å². The van der Waals surface area contributed by atoms with Gasteiger partial charge in [0, 0.05) is 7.05 Å². The van der Waals surface area contributed by atoms with Crippen LogP contribution >= 0.6 is 0 Å². The predicted molar refractivity (Wildman–Crippen MR) is 77.4 cm³/mol. The lowest BCUT2D eigenvalue weighted by molar-refractivity contribution is -0.157. The lowest BCUT2D eigenvalue weighted by Gasteiger charge is -2.22. The van der Waals surface area contributed by atoms with E-state index in [0.717, 1.165) is 12.1 Å². The van der Waals surface area contributed by atoms with Crippen LogP contribution in [-0.2, 0) is 29.6 Å². The summed E-state index contributed by atoms with van der Waals surface area (Å²) in [6, 6.07) is 4.65. The number of rotatable bonds is 6. The molecule has 0 spiro atoms. The molecule has 11 heteroatoms. The number of sulfonamides is 2. The number of halogens is 2. The lowest BCUT2D eigenvalue weighted by Crippen LogP contribution is -2.48. The molecule has 7 nitrogen and oxygen atoms in total. The number of ether oxygens (including phenoxy) is 1. The molecule has 0 aliphatic heterocycles. The fourth-order valence-corrected chi connectivity index (χ4v) is 4.41. The molecule has 0 saturated heterocycles. The van der Waals surface area contributed by atoms with Gasteiger partial charge in [0.05, 0.1) is 12.0 Å². The SMILES string of the molecule is C=Cc1ccc(S(=O)(=O)N(C)S(=O)(=O)C(F)(F)C(=O)OC)cc1. The third-order valence-corrected chi connectivity index (χ3v) is 7.05. The summed E-state index contributed by atoms with van der Waals surface area (Å²) in [4.78, 5) is 10.4. The molecule has 0 amide bonds. The van der Waals surface area contributed by atoms with Crippen molar-refractivity contribution in [1.29, 1.82) is 0 Å². The van der Waals surface area contributed by atoms with Crippen LogP contribution in [0.1, 0.15) is 5.56 Å². The predicted octanol–water partition coefficient (Wildman–Crippen LogP) is 1.05. The summed E-state index contributed by atoms with van der Waals surface area (Å²) in [6.45, 7) is 3.45. The van der Waals surface area contributed by atoms with Gasteiger partial charge in [-0.15, -0.1) is 0 Å². The van der Waals surface area contributed by atoms with Crippen molar-refractivity contribution in [1.82, 2.24) is 3.71 Å². The highest BCUT2D eigenvalue weighted by molar-refractivity contribution is 8.04. The number of alkyl halides is 2. The van der Waals surface area contributed by atoms with Crippen LogP contribution in [0.3, 0.4) is 0 Å². The van der Waals surface area contributed by atoms with Crippen LogP contribution in [0, 0.1) is 0 Å². The van der Waals surface area contributed by atoms with Gasteiger partial charge in [-0.05, 0) is 17.7 Å². The standard InChI is InChI=1S/C12H13F2NO6S2/c1-4-9-5-7-10(8-6-9)22(17,18)15(2)23(19,20)12(13,14)11(16)21-3/h4-8H,1H2,2-3H3. The van der Waals surface area contributed by atoms with Gasteiger partial charge in [0.2, 0.25) is 0 Å². The second kappa shape index (κ2) is 6.34. The number of nitrogens with zero attached hydrogens (tertiary/aromatic N) is 1. The molecular weight excluding hydrogens is 356 g/mol. The van der Waals surface area contributed by atoms with Gasteiger partial charge in [0.1, 0.15) is 0 Å². The van der Waals surface area contributed by atoms with Gasteiger partial charge in [-0.25, -0.2) is 21.6 Å². The lowest BCUT2D eigenvalue weighted by atomic mass is 10.2. The average molecular weight is 369 g/mol. The van der Waals surface area contributed by atoms with Gasteiger partial charge in [-0.1, -0.05) is 28.5 Å². The quantitative estimate of drug-likeness (QED) is 0.695. The number of carbonyl (C=O) groups excluding carboxylic acids is 1. The van der Waals surface area contributed by atoms with E-state index in [1.54, 1.807) is 0 Å². The number of hydrogen-bond donors (Lipinski definition) is 0. The summed E-state index contributed by atoms with van der Waals surface area (Å²) in [5.41, 5.74) is 0.536. The van der Waals surface area contributed by atoms with Crippen molar-refractivity contribution in [2.75, 3.05) is 14.2 Å². The summed E-state index contributed by atoms with van der Waals surface area (Å²) in [6.07, 6.45) is 1.41. The van der Waals surface area contributed by atoms with Gasteiger partial charge in [0.15, 0.2) is 0 Å². The molecule has 128 valence electrons. The van der Waals surface area contributed by atoms with Gasteiger partial charge in [0.25, 0.3) is 10.0 Å². The molecule has 0 radical (unpaired) electrons. The van der Waals surface area contributed by atoms with Gasteiger partial charge in [-0.2, -0.15) is 8.78 Å². The number of methoxy groups -OCH3 is 1. The molecule has 0 fully saturated rings. The van der Waals surface area contributed by atoms with E-state index in [2.05, 4.69) is 11.3 Å². The van der Waals surface area contributed by atoms with Crippen molar-refractivity contribution in [3.05, 3.63) is 36.4 Å². The van der Waals surface area contributed by atoms with E-state index in [4.69, 9.17) is 0 Å². The molecule has 1 rings (SSSR count). The van der Waals surface area contributed by atoms with Crippen molar-refractivity contribution < 1.29 is 35.1 Å². The third-order valence-electron chi connectivity index (χ3n) is 2.84. The molecule has 0 bridgehead atoms. The second-order valence-corrected chi connectivity index (χ2v) is 8.38. The Bertz CT molecular complexity index is 816. The molecule has 0 aliphatic carbocycles. The largest absolute Gasteiger partial charge is 0.464 e. The third kappa shape index (κ3) is 3.26. The summed E-state index contributed by atoms with van der Waals surface area (Å²) in [7, 11) is -9.72. The van der Waals surface area contributed by atoms with E-state index in [9.17, 15) is 30.4 Å². The first kappa shape index (κ1) is 19.2. The highest BCUT2D eigenvalue weighted by Crippen LogP contribution is 2.30. The first-order valence-electron chi connectivity index (χ1n) is 5.85. The van der Waals surface area contributed by atoms with Crippen molar-refractivity contribution in [2.24, 2.45) is 0 Å². The van der Waals surface area contributed by atoms with Gasteiger partial charge >= 0.3 is 21.2 Å². The Morgan fingerprint density at radius 1 is 1.22 bits per heavy atom. The van der Waals surface area contributed by atoms with Crippen molar-refractivity contribution in [3.63, 3.8) is 0 Å². The van der Waals surface area contributed by atoms with E-state index in [1.165, 1.54) is 18.2 Å². The summed E-state index contributed by atoms with van der Waals surface area (Å²) < 4.78 is 78.3. The molecule has 0 atom stereocenters. The Kier molecular flexibility index (Phi) is 5.29. The van der Waals surface area contributed by atoms with Crippen molar-refractivity contribution >= 4 is 32.1 Å². The van der Waals surface area contributed by atoms with E-state index < -0.39 is 39.9 Å². The summed E-state index contributed by atoms with van der Waals surface area (Å²) in [5, 5.41) is -5.05. The molecule has 0 N–H and O–H groups in total. The fraction of sp³-hybridized carbons (Fsp3) is 0.250. The molecule has 0 heterocycles. The number of hydrogen-bond acceptors (Lipinski definition) is 6. The Morgan fingerprint density at radius 2 is 1.70 bits per heavy atom. The maximum absolute atomic E-state index is 13.6. The molecule has 23 heavy (non-hydrogen) atoms. The van der Waals surface area contributed by atoms with Crippen molar-refractivity contribution in [3.8, 4) is 0 Å². The maximum Gasteiger partial charge on any atom is 0.455 e. The van der Waals surface area contributed by atoms with Gasteiger partial charge in [-0.3, -0.25) is 0 Å². The molecule has 1 aromatic rings. The molecule has 0 unspecified atom stereocenters. The Morgan fingerprint density at radius 3 is 2.09 bits per heavy atom. The fourth-order valence-electron chi connectivity index (χ4n) is 1.44. The van der Waals surface area contributed by atoms with E-state index in [0.29, 0.717) is 19.7 Å². The maximum atomic E-state index is 13.6. The number of benzene rings is 1. The minimum Gasteiger partial charge on any atom is -0.464 e. The second-order valence-electron chi connectivity index (χ2n) is 4.17. The first-order valence-corrected chi connectivity index (χ1v) is 8.73. The van der Waals surface area contributed by atoms with Crippen LogP contribution in [0.2, 0.25) is 0 Å². The van der Waals surface area contributed by atoms with Crippen LogP contribution in [0.15, 0.2) is 35.7 Å². The van der Waals surface area contributed by atoms with Crippen LogP contribution in [0.5, 0.6) is 0 Å². The minimum absolute atomic E-state index is 0.406. The van der Waals surface area contributed by atoms with Crippen molar-refractivity contribution in [2.45, 2.75) is 10.2 Å². The monoisotopic (exact) mass is 369 g/mol. The zero-order chi connectivity index (χ0) is 18.1. The highest BCUT2D eigenvalue weighted by atomic mass is 32.3. The minimum atomic E-state index is -5.85. The molecule has 1 aromatic carbocycles. The zero-order valence-corrected chi connectivity index (χ0v) is 13.7. The molecule has 0 aliphatic rings. The Hall–Kier alpha value is -1.85. The summed E-state index contributed by atoms with van der Waals surface area (Å²) >= 11 is 0. The number of carbonyl (C=O) groups is 1. The average Bonchev–Trinajstić information content (AvgIpc) is 2.52. The molecule has 0 saturated carbocycles.